The Labute approximate surface area is 326 Å². The molecule has 2 saturated heterocycles. The van der Waals surface area contributed by atoms with Crippen LogP contribution in [0.1, 0.15) is 98.9 Å². The number of likely N-dealkylation sites (tertiary alicyclic amines) is 2. The van der Waals surface area contributed by atoms with E-state index >= 15 is 0 Å². The normalized spacial score (nSPS) is 33.3. The number of piperidine rings is 2. The van der Waals surface area contributed by atoms with Crippen molar-refractivity contribution in [2.24, 2.45) is 35.5 Å². The average molecular weight is 735 g/mol. The molecule has 4 fully saturated rings. The van der Waals surface area contributed by atoms with E-state index in [1.165, 1.54) is 98.2 Å². The van der Waals surface area contributed by atoms with E-state index in [4.69, 9.17) is 9.97 Å². The maximum Gasteiger partial charge on any atom is 0.0804 e. The molecule has 0 radical (unpaired) electrons. The summed E-state index contributed by atoms with van der Waals surface area (Å²) in [6.45, 7) is 17.2. The molecule has 4 nitrogen and oxygen atoms in total. The molecule has 2 aromatic heterocycles. The summed E-state index contributed by atoms with van der Waals surface area (Å²) in [5.41, 5.74) is 11.5. The van der Waals surface area contributed by atoms with Crippen molar-refractivity contribution in [2.45, 2.75) is 122 Å². The zero-order valence-electron chi connectivity index (χ0n) is 33.7. The van der Waals surface area contributed by atoms with Crippen LogP contribution in [-0.4, -0.2) is 40.9 Å². The highest BCUT2D eigenvalue weighted by molar-refractivity contribution is 6.89. The van der Waals surface area contributed by atoms with Crippen molar-refractivity contribution >= 4 is 13.3 Å². The number of hydrogen-bond donors (Lipinski definition) is 0. The molecule has 4 bridgehead atoms. The van der Waals surface area contributed by atoms with Crippen molar-refractivity contribution in [1.82, 2.24) is 19.8 Å². The summed E-state index contributed by atoms with van der Waals surface area (Å²) in [6.07, 6.45) is 15.1. The lowest BCUT2D eigenvalue weighted by Gasteiger charge is -2.62. The predicted octanol–water partition coefficient (Wildman–Crippen LogP) is 10.1. The molecule has 8 atom stereocenters. The first-order chi connectivity index (χ1) is 26.1. The summed E-state index contributed by atoms with van der Waals surface area (Å²) < 4.78 is 0. The third-order valence-corrected chi connectivity index (χ3v) is 17.5. The minimum Gasteiger partial charge on any atom is -0.289 e. The van der Waals surface area contributed by atoms with Crippen molar-refractivity contribution in [1.29, 1.82) is 0 Å². The number of pyridine rings is 2. The van der Waals surface area contributed by atoms with Gasteiger partial charge in [0.15, 0.2) is 0 Å². The van der Waals surface area contributed by atoms with Crippen LogP contribution in [0.5, 0.6) is 0 Å². The smallest absolute Gasteiger partial charge is 0.0804 e. The van der Waals surface area contributed by atoms with Gasteiger partial charge in [0.2, 0.25) is 0 Å². The maximum absolute atomic E-state index is 5.97. The molecule has 0 spiro atoms. The van der Waals surface area contributed by atoms with Gasteiger partial charge in [-0.1, -0.05) is 100 Å². The van der Waals surface area contributed by atoms with E-state index in [2.05, 4.69) is 122 Å². The number of benzene rings is 2. The van der Waals surface area contributed by atoms with E-state index in [1.807, 2.05) is 0 Å². The first-order valence-corrected chi connectivity index (χ1v) is 25.3. The molecule has 2 saturated carbocycles. The topological polar surface area (TPSA) is 32.3 Å². The van der Waals surface area contributed by atoms with Gasteiger partial charge in [-0.2, -0.15) is 0 Å². The van der Waals surface area contributed by atoms with Crippen molar-refractivity contribution in [2.75, 3.05) is 13.1 Å². The quantitative estimate of drug-likeness (QED) is 0.185. The third-order valence-electron chi connectivity index (χ3n) is 15.5. The molecule has 6 aliphatic rings. The van der Waals surface area contributed by atoms with Crippen LogP contribution in [0.3, 0.4) is 0 Å². The number of aromatic nitrogens is 2. The zero-order valence-corrected chi connectivity index (χ0v) is 34.7. The second-order valence-electron chi connectivity index (χ2n) is 20.0. The Balaban J connectivity index is 1.13. The van der Waals surface area contributed by atoms with Crippen LogP contribution in [0, 0.1) is 35.5 Å². The van der Waals surface area contributed by atoms with Crippen LogP contribution in [0.2, 0.25) is 19.6 Å². The molecule has 4 heterocycles. The molecule has 5 heteroatoms. The Hall–Kier alpha value is -3.12. The Kier molecular flexibility index (Phi) is 8.65. The van der Waals surface area contributed by atoms with E-state index in [0.29, 0.717) is 11.8 Å². The third kappa shape index (κ3) is 5.57. The number of hydrogen-bond acceptors (Lipinski definition) is 4. The highest BCUT2D eigenvalue weighted by Crippen LogP contribution is 2.61. The maximum atomic E-state index is 5.97. The van der Waals surface area contributed by atoms with Gasteiger partial charge in [0.1, 0.15) is 0 Å². The van der Waals surface area contributed by atoms with E-state index in [9.17, 15) is 0 Å². The van der Waals surface area contributed by atoms with E-state index in [0.717, 1.165) is 49.6 Å². The molecule has 2 aromatic carbocycles. The lowest BCUT2D eigenvalue weighted by molar-refractivity contribution is -0.0968. The highest BCUT2D eigenvalue weighted by Gasteiger charge is 2.59. The summed E-state index contributed by atoms with van der Waals surface area (Å²) in [5, 5.41) is 1.54. The fourth-order valence-corrected chi connectivity index (χ4v) is 15.2. The number of rotatable bonds is 6. The van der Waals surface area contributed by atoms with Crippen LogP contribution in [0.4, 0.5) is 0 Å². The summed E-state index contributed by atoms with van der Waals surface area (Å²) in [7, 11) is -1.83. The minimum absolute atomic E-state index is 0.0555. The average Bonchev–Trinajstić information content (AvgIpc) is 3.15. The molecular weight excluding hydrogens is 673 g/mol. The van der Waals surface area contributed by atoms with Gasteiger partial charge in [0.05, 0.1) is 24.8 Å². The summed E-state index contributed by atoms with van der Waals surface area (Å²) in [6, 6.07) is 28.0. The van der Waals surface area contributed by atoms with Gasteiger partial charge in [-0.05, 0) is 146 Å². The standard InChI is InChI=1S/C49H62N4Si/c1-33-22-37-25-44-42(48(28-33)40(37)18-12-20-52(48)31-35-14-8-6-9-15-35)24-39(30-50-44)47-46(54(3,4)5)27-43-45(51-47)26-38-23-34(2)29-49(43)41(38)19-13-21-53(49)32-36-16-10-7-11-17-36/h6-11,14-17,24,27,30,33-34,37-38,40-41H,12-13,18-23,25-26,28-29,31-32H2,1-5H3/t33-,34-,37+,38+,40-,41-,48-,49-/m1/s1. The van der Waals surface area contributed by atoms with Crippen LogP contribution >= 0.6 is 0 Å². The van der Waals surface area contributed by atoms with Gasteiger partial charge < -0.3 is 0 Å². The Morgan fingerprint density at radius 3 is 1.74 bits per heavy atom. The van der Waals surface area contributed by atoms with Crippen LogP contribution in [0.15, 0.2) is 79.0 Å². The van der Waals surface area contributed by atoms with Gasteiger partial charge in [-0.15, -0.1) is 0 Å². The molecule has 282 valence electrons. The van der Waals surface area contributed by atoms with Gasteiger partial charge in [-0.25, -0.2) is 0 Å². The first-order valence-electron chi connectivity index (χ1n) is 21.8. The largest absolute Gasteiger partial charge is 0.289 e. The first kappa shape index (κ1) is 35.3. The molecule has 4 aliphatic carbocycles. The minimum atomic E-state index is -1.83. The molecule has 10 rings (SSSR count). The van der Waals surface area contributed by atoms with Gasteiger partial charge in [0, 0.05) is 36.2 Å². The van der Waals surface area contributed by atoms with Gasteiger partial charge in [-0.3, -0.25) is 19.8 Å². The number of fused-ring (bicyclic) bond motifs is 2. The lowest BCUT2D eigenvalue weighted by atomic mass is 9.53. The van der Waals surface area contributed by atoms with Crippen molar-refractivity contribution in [3.8, 4) is 11.3 Å². The van der Waals surface area contributed by atoms with Gasteiger partial charge >= 0.3 is 0 Å². The SMILES string of the molecule is C[C@@H]1C[C@H]2Cc3ncc(-c4nc5c(cc4[Si](C)(C)C)[C@@]46C[C@H](C)C[C@@H](C5)[C@H]4CCCN6Cc4ccccc4)cc3[C@@]3(C1)[C@@H]2CCCN3Cc1ccccc1. The Morgan fingerprint density at radius 1 is 0.685 bits per heavy atom. The number of nitrogens with zero attached hydrogens (tertiary/aromatic N) is 4. The van der Waals surface area contributed by atoms with Crippen molar-refractivity contribution in [3.63, 3.8) is 0 Å². The predicted molar refractivity (Wildman–Crippen MR) is 224 cm³/mol. The lowest BCUT2D eigenvalue weighted by Crippen LogP contribution is -2.62. The van der Waals surface area contributed by atoms with Crippen LogP contribution in [0.25, 0.3) is 11.3 Å². The van der Waals surface area contributed by atoms with Crippen LogP contribution < -0.4 is 5.19 Å². The Bertz CT molecular complexity index is 2020. The van der Waals surface area contributed by atoms with Crippen molar-refractivity contribution in [3.05, 3.63) is 113 Å². The van der Waals surface area contributed by atoms with Crippen LogP contribution in [-0.2, 0) is 37.0 Å². The zero-order chi connectivity index (χ0) is 36.8. The van der Waals surface area contributed by atoms with E-state index < -0.39 is 8.07 Å². The molecule has 4 aromatic rings. The summed E-state index contributed by atoms with van der Waals surface area (Å²) in [4.78, 5) is 17.3. The highest BCUT2D eigenvalue weighted by atomic mass is 28.3. The second kappa shape index (κ2) is 13.2. The molecular formula is C49H62N4Si. The van der Waals surface area contributed by atoms with E-state index in [-0.39, 0.29) is 11.1 Å². The Morgan fingerprint density at radius 2 is 1.20 bits per heavy atom. The molecule has 0 amide bonds. The molecule has 2 aliphatic heterocycles. The second-order valence-corrected chi connectivity index (χ2v) is 25.1. The fourth-order valence-electron chi connectivity index (χ4n) is 13.7. The van der Waals surface area contributed by atoms with Crippen molar-refractivity contribution < 1.29 is 0 Å². The van der Waals surface area contributed by atoms with Gasteiger partial charge in [0.25, 0.3) is 0 Å². The summed E-state index contributed by atoms with van der Waals surface area (Å²) in [5.74, 6) is 4.35. The molecule has 54 heavy (non-hydrogen) atoms. The van der Waals surface area contributed by atoms with E-state index in [1.54, 1.807) is 16.3 Å². The monoisotopic (exact) mass is 734 g/mol. The molecule has 0 N–H and O–H groups in total. The fraction of sp³-hybridized carbons (Fsp3) is 0.551. The summed E-state index contributed by atoms with van der Waals surface area (Å²) >= 11 is 0. The molecule has 0 unspecified atom stereocenters.